The Bertz CT molecular complexity index is 72.8. The monoisotopic (exact) mass is 182 g/mol. The number of rotatable bonds is 6. The molecule has 0 aromatic rings. The molecular formula is C6H15O2PS. The van der Waals surface area contributed by atoms with Crippen LogP contribution in [-0.2, 0) is 4.52 Å². The van der Waals surface area contributed by atoms with Gasteiger partial charge in [0.05, 0.1) is 6.61 Å². The van der Waals surface area contributed by atoms with Gasteiger partial charge >= 0.3 is 0 Å². The molecule has 4 heteroatoms. The highest BCUT2D eigenvalue weighted by molar-refractivity contribution is 8.52. The van der Waals surface area contributed by atoms with E-state index in [0.29, 0.717) is 6.61 Å². The van der Waals surface area contributed by atoms with Crippen LogP contribution in [0, 0.1) is 0 Å². The smallest absolute Gasteiger partial charge is 0.235 e. The Balaban J connectivity index is 2.97. The molecule has 1 atom stereocenters. The third-order valence-electron chi connectivity index (χ3n) is 0.939. The molecule has 0 radical (unpaired) electrons. The Labute approximate surface area is 68.0 Å². The fourth-order valence-electron chi connectivity index (χ4n) is 0.435. The zero-order chi connectivity index (χ0) is 7.82. The van der Waals surface area contributed by atoms with E-state index in [1.54, 1.807) is 0 Å². The average Bonchev–Trinajstić information content (AvgIpc) is 1.89. The van der Waals surface area contributed by atoms with Crippen LogP contribution in [0.1, 0.15) is 26.7 Å². The molecule has 1 unspecified atom stereocenters. The molecule has 10 heavy (non-hydrogen) atoms. The number of unbranched alkanes of at least 4 members (excludes halogenated alkanes) is 1. The van der Waals surface area contributed by atoms with E-state index in [1.165, 1.54) is 11.4 Å². The average molecular weight is 182 g/mol. The second-order valence-corrected chi connectivity index (χ2v) is 5.12. The van der Waals surface area contributed by atoms with Gasteiger partial charge in [-0.1, -0.05) is 31.7 Å². The Morgan fingerprint density at radius 2 is 2.20 bits per heavy atom. The molecule has 0 saturated heterocycles. The molecule has 0 spiro atoms. The first-order chi connectivity index (χ1) is 4.81. The van der Waals surface area contributed by atoms with Gasteiger partial charge in [0.25, 0.3) is 0 Å². The third kappa shape index (κ3) is 6.81. The zero-order valence-electron chi connectivity index (χ0n) is 6.54. The molecule has 0 aliphatic rings. The van der Waals surface area contributed by atoms with Crippen LogP contribution in [0.25, 0.3) is 0 Å². The van der Waals surface area contributed by atoms with Crippen LogP contribution >= 0.6 is 19.0 Å². The maximum atomic E-state index is 9.08. The maximum absolute atomic E-state index is 9.08. The summed E-state index contributed by atoms with van der Waals surface area (Å²) in [6, 6.07) is 0. The molecule has 0 aromatic carbocycles. The summed E-state index contributed by atoms with van der Waals surface area (Å²) in [5, 5.41) is 0. The van der Waals surface area contributed by atoms with E-state index < -0.39 is 7.58 Å². The SMILES string of the molecule is CCCCOP(O)SCC. The summed E-state index contributed by atoms with van der Waals surface area (Å²) in [6.45, 7) is 4.82. The van der Waals surface area contributed by atoms with Crippen molar-refractivity contribution in [1.29, 1.82) is 0 Å². The van der Waals surface area contributed by atoms with E-state index in [4.69, 9.17) is 9.42 Å². The van der Waals surface area contributed by atoms with Crippen LogP contribution < -0.4 is 0 Å². The Hall–Kier alpha value is 0.700. The number of hydrogen-bond acceptors (Lipinski definition) is 3. The van der Waals surface area contributed by atoms with Crippen LogP contribution in [0.3, 0.4) is 0 Å². The van der Waals surface area contributed by atoms with Gasteiger partial charge in [0.1, 0.15) is 0 Å². The lowest BCUT2D eigenvalue weighted by molar-refractivity contribution is 0.314. The molecule has 0 aliphatic heterocycles. The van der Waals surface area contributed by atoms with Gasteiger partial charge in [-0.2, -0.15) is 0 Å². The fourth-order valence-corrected chi connectivity index (χ4v) is 2.13. The molecule has 0 amide bonds. The molecule has 0 saturated carbocycles. The van der Waals surface area contributed by atoms with Gasteiger partial charge in [0.2, 0.25) is 7.58 Å². The van der Waals surface area contributed by atoms with Gasteiger partial charge < -0.3 is 9.42 Å². The van der Waals surface area contributed by atoms with Crippen molar-refractivity contribution in [1.82, 2.24) is 0 Å². The van der Waals surface area contributed by atoms with Crippen molar-refractivity contribution in [3.05, 3.63) is 0 Å². The molecule has 1 N–H and O–H groups in total. The zero-order valence-corrected chi connectivity index (χ0v) is 8.25. The van der Waals surface area contributed by atoms with E-state index in [2.05, 4.69) is 6.92 Å². The Morgan fingerprint density at radius 3 is 2.70 bits per heavy atom. The molecule has 2 nitrogen and oxygen atoms in total. The van der Waals surface area contributed by atoms with E-state index in [-0.39, 0.29) is 0 Å². The minimum absolute atomic E-state index is 0.700. The van der Waals surface area contributed by atoms with E-state index >= 15 is 0 Å². The quantitative estimate of drug-likeness (QED) is 0.506. The van der Waals surface area contributed by atoms with Gasteiger partial charge in [-0.3, -0.25) is 0 Å². The van der Waals surface area contributed by atoms with Crippen molar-refractivity contribution in [2.45, 2.75) is 26.7 Å². The second-order valence-electron chi connectivity index (χ2n) is 1.84. The molecule has 62 valence electrons. The molecule has 0 rings (SSSR count). The first-order valence-electron chi connectivity index (χ1n) is 3.56. The molecule has 0 aromatic heterocycles. The lowest BCUT2D eigenvalue weighted by Crippen LogP contribution is -1.86. The standard InChI is InChI=1S/C6H15O2PS/c1-3-5-6-8-9(7)10-4-2/h7H,3-6H2,1-2H3. The Kier molecular flexibility index (Phi) is 8.35. The van der Waals surface area contributed by atoms with Crippen LogP contribution in [0.5, 0.6) is 0 Å². The lowest BCUT2D eigenvalue weighted by atomic mass is 10.4. The third-order valence-corrected chi connectivity index (χ3v) is 3.58. The van der Waals surface area contributed by atoms with Crippen LogP contribution in [0.4, 0.5) is 0 Å². The summed E-state index contributed by atoms with van der Waals surface area (Å²) < 4.78 is 5.11. The molecule has 0 heterocycles. The van der Waals surface area contributed by atoms with Gasteiger partial charge in [-0.05, 0) is 12.2 Å². The highest BCUT2D eigenvalue weighted by Crippen LogP contribution is 2.46. The molecular weight excluding hydrogens is 167 g/mol. The second kappa shape index (κ2) is 7.80. The molecule has 0 aliphatic carbocycles. The van der Waals surface area contributed by atoms with Crippen LogP contribution in [0.2, 0.25) is 0 Å². The van der Waals surface area contributed by atoms with Crippen molar-refractivity contribution in [2.75, 3.05) is 12.4 Å². The van der Waals surface area contributed by atoms with E-state index in [0.717, 1.165) is 18.6 Å². The van der Waals surface area contributed by atoms with Gasteiger partial charge in [0.15, 0.2) is 0 Å². The highest BCUT2D eigenvalue weighted by atomic mass is 32.7. The summed E-state index contributed by atoms with van der Waals surface area (Å²) in [6.07, 6.45) is 2.17. The van der Waals surface area contributed by atoms with Crippen LogP contribution in [0.15, 0.2) is 0 Å². The van der Waals surface area contributed by atoms with E-state index in [1.807, 2.05) is 6.92 Å². The first kappa shape index (κ1) is 10.7. The van der Waals surface area contributed by atoms with Crippen molar-refractivity contribution in [3.8, 4) is 0 Å². The minimum atomic E-state index is -1.18. The molecule has 0 bridgehead atoms. The van der Waals surface area contributed by atoms with Gasteiger partial charge in [-0.15, -0.1) is 0 Å². The number of hydrogen-bond donors (Lipinski definition) is 1. The summed E-state index contributed by atoms with van der Waals surface area (Å²) in [5.41, 5.74) is 0. The van der Waals surface area contributed by atoms with Crippen LogP contribution in [-0.4, -0.2) is 17.3 Å². The summed E-state index contributed by atoms with van der Waals surface area (Å²) >= 11 is 1.48. The van der Waals surface area contributed by atoms with Crippen molar-refractivity contribution < 1.29 is 9.42 Å². The Morgan fingerprint density at radius 1 is 1.50 bits per heavy atom. The van der Waals surface area contributed by atoms with Gasteiger partial charge in [-0.25, -0.2) is 0 Å². The van der Waals surface area contributed by atoms with Gasteiger partial charge in [0, 0.05) is 0 Å². The largest absolute Gasteiger partial charge is 0.342 e. The fraction of sp³-hybridized carbons (Fsp3) is 1.00. The predicted molar refractivity (Wildman–Crippen MR) is 48.1 cm³/mol. The summed E-state index contributed by atoms with van der Waals surface area (Å²) in [7, 11) is -1.18. The highest BCUT2D eigenvalue weighted by Gasteiger charge is 2.01. The van der Waals surface area contributed by atoms with Crippen molar-refractivity contribution in [2.24, 2.45) is 0 Å². The molecule has 0 fully saturated rings. The topological polar surface area (TPSA) is 29.5 Å². The lowest BCUT2D eigenvalue weighted by Gasteiger charge is -2.06. The minimum Gasteiger partial charge on any atom is -0.342 e. The normalized spacial score (nSPS) is 13.5. The van der Waals surface area contributed by atoms with E-state index in [9.17, 15) is 0 Å². The first-order valence-corrected chi connectivity index (χ1v) is 6.36. The summed E-state index contributed by atoms with van der Waals surface area (Å²) in [4.78, 5) is 9.08. The summed E-state index contributed by atoms with van der Waals surface area (Å²) in [5.74, 6) is 0.925. The van der Waals surface area contributed by atoms with Crippen molar-refractivity contribution >= 4 is 19.0 Å². The maximum Gasteiger partial charge on any atom is 0.235 e. The predicted octanol–water partition coefficient (Wildman–Crippen LogP) is 2.78. The van der Waals surface area contributed by atoms with Crippen molar-refractivity contribution in [3.63, 3.8) is 0 Å².